The van der Waals surface area contributed by atoms with Crippen LogP contribution in [0.2, 0.25) is 0 Å². The van der Waals surface area contributed by atoms with E-state index in [-0.39, 0.29) is 17.2 Å². The Bertz CT molecular complexity index is 635. The van der Waals surface area contributed by atoms with Crippen molar-refractivity contribution in [3.05, 3.63) is 42.0 Å². The van der Waals surface area contributed by atoms with E-state index in [0.717, 1.165) is 11.1 Å². The maximum atomic E-state index is 11.7. The standard InChI is InChI=1S/C18H23NO/c1-12(2)17(20)19-16-9-7-13-10-15(18(3,4)5)8-6-14(13)11-16/h6-12H,1-5H3,(H,19,20). The lowest BCUT2D eigenvalue weighted by Gasteiger charge is -2.19. The molecule has 0 aromatic heterocycles. The van der Waals surface area contributed by atoms with E-state index in [9.17, 15) is 4.79 Å². The van der Waals surface area contributed by atoms with Gasteiger partial charge in [0.15, 0.2) is 0 Å². The monoisotopic (exact) mass is 269 g/mol. The molecule has 0 fully saturated rings. The molecule has 0 heterocycles. The summed E-state index contributed by atoms with van der Waals surface area (Å²) in [5.41, 5.74) is 2.34. The van der Waals surface area contributed by atoms with Crippen LogP contribution in [0.1, 0.15) is 40.2 Å². The molecular formula is C18H23NO. The summed E-state index contributed by atoms with van der Waals surface area (Å²) in [5.74, 6) is 0.0459. The smallest absolute Gasteiger partial charge is 0.226 e. The number of carbonyl (C=O) groups excluding carboxylic acids is 1. The van der Waals surface area contributed by atoms with Crippen LogP contribution in [0.3, 0.4) is 0 Å². The summed E-state index contributed by atoms with van der Waals surface area (Å²) in [7, 11) is 0. The molecule has 1 N–H and O–H groups in total. The van der Waals surface area contributed by atoms with Crippen molar-refractivity contribution in [2.45, 2.75) is 40.0 Å². The van der Waals surface area contributed by atoms with Gasteiger partial charge in [-0.25, -0.2) is 0 Å². The fourth-order valence-electron chi connectivity index (χ4n) is 2.08. The normalized spacial score (nSPS) is 11.9. The van der Waals surface area contributed by atoms with Crippen molar-refractivity contribution in [2.75, 3.05) is 5.32 Å². The molecule has 0 unspecified atom stereocenters. The lowest BCUT2D eigenvalue weighted by atomic mass is 9.86. The Labute approximate surface area is 121 Å². The van der Waals surface area contributed by atoms with E-state index in [1.165, 1.54) is 10.9 Å². The summed E-state index contributed by atoms with van der Waals surface area (Å²) in [6.07, 6.45) is 0. The van der Waals surface area contributed by atoms with Gasteiger partial charge in [-0.1, -0.05) is 58.9 Å². The molecule has 0 radical (unpaired) electrons. The minimum Gasteiger partial charge on any atom is -0.326 e. The highest BCUT2D eigenvalue weighted by Crippen LogP contribution is 2.27. The molecule has 1 amide bonds. The van der Waals surface area contributed by atoms with Crippen LogP contribution in [0.15, 0.2) is 36.4 Å². The fourth-order valence-corrected chi connectivity index (χ4v) is 2.08. The van der Waals surface area contributed by atoms with Gasteiger partial charge in [-0.3, -0.25) is 4.79 Å². The van der Waals surface area contributed by atoms with Crippen LogP contribution < -0.4 is 5.32 Å². The average molecular weight is 269 g/mol. The minimum absolute atomic E-state index is 0.00559. The van der Waals surface area contributed by atoms with Crippen molar-refractivity contribution in [2.24, 2.45) is 5.92 Å². The number of benzene rings is 2. The zero-order chi connectivity index (χ0) is 14.9. The number of anilines is 1. The van der Waals surface area contributed by atoms with Crippen LogP contribution in [-0.4, -0.2) is 5.91 Å². The molecule has 0 spiro atoms. The molecule has 0 aliphatic rings. The highest BCUT2D eigenvalue weighted by atomic mass is 16.1. The van der Waals surface area contributed by atoms with Crippen molar-refractivity contribution in [1.82, 2.24) is 0 Å². The number of carbonyl (C=O) groups is 1. The summed E-state index contributed by atoms with van der Waals surface area (Å²) < 4.78 is 0. The zero-order valence-corrected chi connectivity index (χ0v) is 12.9. The number of nitrogens with one attached hydrogen (secondary N) is 1. The molecule has 2 aromatic rings. The summed E-state index contributed by atoms with van der Waals surface area (Å²) in [6, 6.07) is 12.6. The molecule has 0 aliphatic carbocycles. The van der Waals surface area contributed by atoms with Gasteiger partial charge in [0.2, 0.25) is 5.91 Å². The van der Waals surface area contributed by atoms with Crippen LogP contribution in [0, 0.1) is 5.92 Å². The van der Waals surface area contributed by atoms with Gasteiger partial charge < -0.3 is 5.32 Å². The SMILES string of the molecule is CC(C)C(=O)Nc1ccc2cc(C(C)(C)C)ccc2c1. The van der Waals surface area contributed by atoms with Crippen molar-refractivity contribution < 1.29 is 4.79 Å². The zero-order valence-electron chi connectivity index (χ0n) is 12.9. The molecular weight excluding hydrogens is 246 g/mol. The van der Waals surface area contributed by atoms with E-state index in [0.29, 0.717) is 0 Å². The number of amides is 1. The number of hydrogen-bond acceptors (Lipinski definition) is 1. The van der Waals surface area contributed by atoms with Gasteiger partial charge in [0.1, 0.15) is 0 Å². The molecule has 0 aliphatic heterocycles. The Morgan fingerprint density at radius 3 is 2.20 bits per heavy atom. The van der Waals surface area contributed by atoms with Gasteiger partial charge in [-0.05, 0) is 33.9 Å². The van der Waals surface area contributed by atoms with Gasteiger partial charge >= 0.3 is 0 Å². The summed E-state index contributed by atoms with van der Waals surface area (Å²) in [4.78, 5) is 11.7. The minimum atomic E-state index is -0.00559. The molecule has 2 nitrogen and oxygen atoms in total. The van der Waals surface area contributed by atoms with Crippen molar-refractivity contribution in [3.8, 4) is 0 Å². The Morgan fingerprint density at radius 2 is 1.60 bits per heavy atom. The predicted molar refractivity (Wildman–Crippen MR) is 86.1 cm³/mol. The fraction of sp³-hybridized carbons (Fsp3) is 0.389. The maximum absolute atomic E-state index is 11.7. The lowest BCUT2D eigenvalue weighted by Crippen LogP contribution is -2.17. The highest BCUT2D eigenvalue weighted by molar-refractivity contribution is 5.95. The van der Waals surface area contributed by atoms with E-state index >= 15 is 0 Å². The topological polar surface area (TPSA) is 29.1 Å². The Balaban J connectivity index is 2.34. The van der Waals surface area contributed by atoms with Gasteiger partial charge in [-0.2, -0.15) is 0 Å². The molecule has 0 saturated carbocycles. The lowest BCUT2D eigenvalue weighted by molar-refractivity contribution is -0.118. The number of rotatable bonds is 2. The largest absolute Gasteiger partial charge is 0.326 e. The first-order chi connectivity index (χ1) is 9.27. The molecule has 106 valence electrons. The molecule has 0 bridgehead atoms. The van der Waals surface area contributed by atoms with Crippen LogP contribution in [0.5, 0.6) is 0 Å². The molecule has 0 saturated heterocycles. The number of hydrogen-bond donors (Lipinski definition) is 1. The molecule has 20 heavy (non-hydrogen) atoms. The summed E-state index contributed by atoms with van der Waals surface area (Å²) >= 11 is 0. The highest BCUT2D eigenvalue weighted by Gasteiger charge is 2.14. The Hall–Kier alpha value is -1.83. The first kappa shape index (κ1) is 14.6. The van der Waals surface area contributed by atoms with Crippen LogP contribution in [0.4, 0.5) is 5.69 Å². The average Bonchev–Trinajstić information content (AvgIpc) is 2.36. The van der Waals surface area contributed by atoms with Gasteiger partial charge in [0.25, 0.3) is 0 Å². The third kappa shape index (κ3) is 3.19. The van der Waals surface area contributed by atoms with Crippen molar-refractivity contribution in [3.63, 3.8) is 0 Å². The Morgan fingerprint density at radius 1 is 1.00 bits per heavy atom. The third-order valence-electron chi connectivity index (χ3n) is 3.50. The van der Waals surface area contributed by atoms with Gasteiger partial charge in [0.05, 0.1) is 0 Å². The van der Waals surface area contributed by atoms with Crippen LogP contribution in [-0.2, 0) is 10.2 Å². The molecule has 2 rings (SSSR count). The molecule has 2 aromatic carbocycles. The predicted octanol–water partition coefficient (Wildman–Crippen LogP) is 4.73. The molecule has 2 heteroatoms. The van der Waals surface area contributed by atoms with Gasteiger partial charge in [0, 0.05) is 11.6 Å². The molecule has 0 atom stereocenters. The Kier molecular flexibility index (Phi) is 3.85. The summed E-state index contributed by atoms with van der Waals surface area (Å²) in [6.45, 7) is 10.4. The number of fused-ring (bicyclic) bond motifs is 1. The first-order valence-corrected chi connectivity index (χ1v) is 7.12. The maximum Gasteiger partial charge on any atom is 0.226 e. The summed E-state index contributed by atoms with van der Waals surface area (Å²) in [5, 5.41) is 5.30. The van der Waals surface area contributed by atoms with E-state index in [1.807, 2.05) is 26.0 Å². The van der Waals surface area contributed by atoms with E-state index in [4.69, 9.17) is 0 Å². The van der Waals surface area contributed by atoms with E-state index in [1.54, 1.807) is 0 Å². The van der Waals surface area contributed by atoms with Crippen LogP contribution in [0.25, 0.3) is 10.8 Å². The van der Waals surface area contributed by atoms with E-state index in [2.05, 4.69) is 50.4 Å². The van der Waals surface area contributed by atoms with Crippen molar-refractivity contribution in [1.29, 1.82) is 0 Å². The third-order valence-corrected chi connectivity index (χ3v) is 3.50. The van der Waals surface area contributed by atoms with Crippen molar-refractivity contribution >= 4 is 22.4 Å². The second-order valence-electron chi connectivity index (χ2n) is 6.67. The quantitative estimate of drug-likeness (QED) is 0.838. The van der Waals surface area contributed by atoms with Gasteiger partial charge in [-0.15, -0.1) is 0 Å². The first-order valence-electron chi connectivity index (χ1n) is 7.12. The van der Waals surface area contributed by atoms with Crippen LogP contribution >= 0.6 is 0 Å². The second kappa shape index (κ2) is 5.28. The second-order valence-corrected chi connectivity index (χ2v) is 6.67. The van der Waals surface area contributed by atoms with E-state index < -0.39 is 0 Å².